The van der Waals surface area contributed by atoms with Gasteiger partial charge in [-0.3, -0.25) is 0 Å². The van der Waals surface area contributed by atoms with Crippen molar-refractivity contribution in [3.05, 3.63) is 36.1 Å². The summed E-state index contributed by atoms with van der Waals surface area (Å²) in [5.41, 5.74) is 2.86. The number of rotatable bonds is 1. The van der Waals surface area contributed by atoms with Gasteiger partial charge in [0.1, 0.15) is 0 Å². The highest BCUT2D eigenvalue weighted by atomic mass is 14.9. The van der Waals surface area contributed by atoms with Gasteiger partial charge >= 0.3 is 0 Å². The lowest BCUT2D eigenvalue weighted by Gasteiger charge is -2.29. The second kappa shape index (κ2) is 3.82. The van der Waals surface area contributed by atoms with Crippen molar-refractivity contribution in [2.24, 2.45) is 5.41 Å². The van der Waals surface area contributed by atoms with Crippen LogP contribution >= 0.6 is 0 Å². The molecule has 0 aromatic heterocycles. The van der Waals surface area contributed by atoms with Crippen LogP contribution in [0.1, 0.15) is 27.2 Å². The van der Waals surface area contributed by atoms with Gasteiger partial charge in [-0.1, -0.05) is 39.5 Å². The summed E-state index contributed by atoms with van der Waals surface area (Å²) in [6, 6.07) is 0. The topological polar surface area (TPSA) is 12.0 Å². The standard InChI is InChI=1S/C12H19N/c1-5-7-11-10(12(2,3)4)8-6-9-13-11/h5,7-8,13H,1,6,9H2,2-4H3/b11-7-. The number of hydrogen-bond acceptors (Lipinski definition) is 1. The second-order valence-corrected chi connectivity index (χ2v) is 4.40. The van der Waals surface area contributed by atoms with Crippen molar-refractivity contribution >= 4 is 0 Å². The molecule has 0 atom stereocenters. The van der Waals surface area contributed by atoms with E-state index in [1.807, 2.05) is 6.08 Å². The van der Waals surface area contributed by atoms with E-state index in [1.54, 1.807) is 0 Å². The van der Waals surface area contributed by atoms with Gasteiger partial charge in [-0.2, -0.15) is 0 Å². The van der Waals surface area contributed by atoms with Crippen LogP contribution in [0.25, 0.3) is 0 Å². The van der Waals surface area contributed by atoms with E-state index >= 15 is 0 Å². The minimum Gasteiger partial charge on any atom is -0.385 e. The Morgan fingerprint density at radius 2 is 2.15 bits per heavy atom. The minimum absolute atomic E-state index is 0.224. The maximum Gasteiger partial charge on any atom is 0.0374 e. The van der Waals surface area contributed by atoms with E-state index in [0.717, 1.165) is 13.0 Å². The smallest absolute Gasteiger partial charge is 0.0374 e. The fourth-order valence-electron chi connectivity index (χ4n) is 1.61. The molecule has 0 aliphatic carbocycles. The third kappa shape index (κ3) is 2.48. The van der Waals surface area contributed by atoms with Gasteiger partial charge in [0.05, 0.1) is 0 Å². The molecule has 1 aliphatic heterocycles. The van der Waals surface area contributed by atoms with Crippen LogP contribution in [0.4, 0.5) is 0 Å². The molecule has 0 amide bonds. The Morgan fingerprint density at radius 3 is 2.69 bits per heavy atom. The quantitative estimate of drug-likeness (QED) is 0.649. The first-order valence-electron chi connectivity index (χ1n) is 4.83. The van der Waals surface area contributed by atoms with Gasteiger partial charge in [-0.25, -0.2) is 0 Å². The van der Waals surface area contributed by atoms with Gasteiger partial charge in [-0.15, -0.1) is 0 Å². The van der Waals surface area contributed by atoms with Crippen LogP contribution in [-0.2, 0) is 0 Å². The summed E-state index contributed by atoms with van der Waals surface area (Å²) in [5.74, 6) is 0. The Kier molecular flexibility index (Phi) is 2.97. The molecular weight excluding hydrogens is 158 g/mol. The SMILES string of the molecule is C=C/C=C1\NCCC=C1C(C)(C)C. The molecule has 0 aromatic rings. The largest absolute Gasteiger partial charge is 0.385 e. The molecule has 13 heavy (non-hydrogen) atoms. The predicted octanol–water partition coefficient (Wildman–Crippen LogP) is 3.02. The van der Waals surface area contributed by atoms with Crippen LogP contribution in [0.3, 0.4) is 0 Å². The lowest BCUT2D eigenvalue weighted by molar-refractivity contribution is 0.491. The molecule has 0 saturated carbocycles. The molecule has 0 aromatic carbocycles. The molecule has 1 heteroatoms. The lowest BCUT2D eigenvalue weighted by atomic mass is 9.82. The van der Waals surface area contributed by atoms with Gasteiger partial charge in [0.15, 0.2) is 0 Å². The van der Waals surface area contributed by atoms with E-state index in [2.05, 4.69) is 44.8 Å². The van der Waals surface area contributed by atoms with Crippen LogP contribution < -0.4 is 5.32 Å². The minimum atomic E-state index is 0.224. The van der Waals surface area contributed by atoms with Gasteiger partial charge in [0.2, 0.25) is 0 Å². The molecule has 1 heterocycles. The van der Waals surface area contributed by atoms with Crippen LogP contribution in [0, 0.1) is 5.41 Å². The molecule has 1 nitrogen and oxygen atoms in total. The van der Waals surface area contributed by atoms with E-state index in [1.165, 1.54) is 11.3 Å². The van der Waals surface area contributed by atoms with Crippen molar-refractivity contribution in [1.82, 2.24) is 5.32 Å². The molecule has 0 radical (unpaired) electrons. The van der Waals surface area contributed by atoms with Crippen molar-refractivity contribution in [3.8, 4) is 0 Å². The Balaban J connectivity index is 2.97. The second-order valence-electron chi connectivity index (χ2n) is 4.40. The summed E-state index contributed by atoms with van der Waals surface area (Å²) in [4.78, 5) is 0. The summed E-state index contributed by atoms with van der Waals surface area (Å²) in [5, 5.41) is 3.40. The number of allylic oxidation sites excluding steroid dienone is 3. The predicted molar refractivity (Wildman–Crippen MR) is 58.4 cm³/mol. The zero-order valence-corrected chi connectivity index (χ0v) is 8.85. The first kappa shape index (κ1) is 10.1. The summed E-state index contributed by atoms with van der Waals surface area (Å²) >= 11 is 0. The maximum atomic E-state index is 3.73. The fourth-order valence-corrected chi connectivity index (χ4v) is 1.61. The first-order valence-corrected chi connectivity index (χ1v) is 4.83. The lowest BCUT2D eigenvalue weighted by Crippen LogP contribution is -2.26. The summed E-state index contributed by atoms with van der Waals surface area (Å²) in [6.07, 6.45) is 7.34. The first-order chi connectivity index (χ1) is 6.05. The fraction of sp³-hybridized carbons (Fsp3) is 0.500. The normalized spacial score (nSPS) is 20.8. The molecule has 72 valence electrons. The molecule has 0 fully saturated rings. The van der Waals surface area contributed by atoms with E-state index in [0.29, 0.717) is 0 Å². The average Bonchev–Trinajstić information content (AvgIpc) is 2.04. The van der Waals surface area contributed by atoms with Crippen molar-refractivity contribution in [2.75, 3.05) is 6.54 Å². The number of hydrogen-bond donors (Lipinski definition) is 1. The molecule has 0 saturated heterocycles. The van der Waals surface area contributed by atoms with Crippen LogP contribution in [-0.4, -0.2) is 6.54 Å². The zero-order chi connectivity index (χ0) is 9.90. The molecule has 1 rings (SSSR count). The molecule has 1 N–H and O–H groups in total. The van der Waals surface area contributed by atoms with E-state index < -0.39 is 0 Å². The van der Waals surface area contributed by atoms with Crippen molar-refractivity contribution < 1.29 is 0 Å². The van der Waals surface area contributed by atoms with Crippen molar-refractivity contribution in [3.63, 3.8) is 0 Å². The molecule has 0 unspecified atom stereocenters. The zero-order valence-electron chi connectivity index (χ0n) is 8.85. The van der Waals surface area contributed by atoms with Gasteiger partial charge in [0, 0.05) is 12.2 Å². The Bertz CT molecular complexity index is 251. The Hall–Kier alpha value is -0.980. The maximum absolute atomic E-state index is 3.73. The van der Waals surface area contributed by atoms with Crippen LogP contribution in [0.5, 0.6) is 0 Å². The summed E-state index contributed by atoms with van der Waals surface area (Å²) in [7, 11) is 0. The highest BCUT2D eigenvalue weighted by Gasteiger charge is 2.21. The molecule has 0 spiro atoms. The van der Waals surface area contributed by atoms with E-state index in [4.69, 9.17) is 0 Å². The van der Waals surface area contributed by atoms with E-state index in [9.17, 15) is 0 Å². The monoisotopic (exact) mass is 177 g/mol. The number of nitrogens with one attached hydrogen (secondary N) is 1. The average molecular weight is 177 g/mol. The third-order valence-corrected chi connectivity index (χ3v) is 2.19. The van der Waals surface area contributed by atoms with Gasteiger partial charge < -0.3 is 5.32 Å². The van der Waals surface area contributed by atoms with Crippen LogP contribution in [0.2, 0.25) is 0 Å². The Labute approximate surface area is 81.2 Å². The van der Waals surface area contributed by atoms with Crippen LogP contribution in [0.15, 0.2) is 36.1 Å². The summed E-state index contributed by atoms with van der Waals surface area (Å²) < 4.78 is 0. The van der Waals surface area contributed by atoms with E-state index in [-0.39, 0.29) is 5.41 Å². The molecule has 0 bridgehead atoms. The van der Waals surface area contributed by atoms with Crippen molar-refractivity contribution in [1.29, 1.82) is 0 Å². The Morgan fingerprint density at radius 1 is 1.46 bits per heavy atom. The highest BCUT2D eigenvalue weighted by molar-refractivity contribution is 5.37. The van der Waals surface area contributed by atoms with Gasteiger partial charge in [0.25, 0.3) is 0 Å². The summed E-state index contributed by atoms with van der Waals surface area (Å²) in [6.45, 7) is 11.5. The van der Waals surface area contributed by atoms with Gasteiger partial charge in [-0.05, 0) is 23.5 Å². The highest BCUT2D eigenvalue weighted by Crippen LogP contribution is 2.31. The molecule has 1 aliphatic rings. The third-order valence-electron chi connectivity index (χ3n) is 2.19. The van der Waals surface area contributed by atoms with Crippen molar-refractivity contribution in [2.45, 2.75) is 27.2 Å². The molecular formula is C12H19N.